The van der Waals surface area contributed by atoms with E-state index in [4.69, 9.17) is 4.74 Å². The van der Waals surface area contributed by atoms with Crippen LogP contribution in [0.4, 0.5) is 0 Å². The van der Waals surface area contributed by atoms with Crippen LogP contribution in [-0.4, -0.2) is 28.2 Å². The van der Waals surface area contributed by atoms with Crippen molar-refractivity contribution in [3.63, 3.8) is 0 Å². The summed E-state index contributed by atoms with van der Waals surface area (Å²) in [5.74, 6) is -0.270. The molecule has 0 saturated carbocycles. The minimum atomic E-state index is -0.270. The molecule has 7 heteroatoms. The van der Waals surface area contributed by atoms with Gasteiger partial charge in [0.25, 0.3) is 0 Å². The first-order chi connectivity index (χ1) is 10.2. The van der Waals surface area contributed by atoms with Gasteiger partial charge >= 0.3 is 5.97 Å². The zero-order valence-corrected chi connectivity index (χ0v) is 12.9. The second-order valence-electron chi connectivity index (χ2n) is 4.27. The number of hydrogen-bond donors (Lipinski definition) is 0. The number of carbonyl (C=O) groups excluding carboxylic acids is 2. The maximum atomic E-state index is 11.5. The Labute approximate surface area is 128 Å². The van der Waals surface area contributed by atoms with Crippen LogP contribution in [0, 0.1) is 0 Å². The zero-order valence-electron chi connectivity index (χ0n) is 11.2. The number of rotatable bonds is 5. The first-order valence-electron chi connectivity index (χ1n) is 6.38. The van der Waals surface area contributed by atoms with E-state index < -0.39 is 0 Å². The van der Waals surface area contributed by atoms with E-state index in [2.05, 4.69) is 4.98 Å². The molecule has 0 fully saturated rings. The molecule has 21 heavy (non-hydrogen) atoms. The van der Waals surface area contributed by atoms with Gasteiger partial charge in [-0.2, -0.15) is 0 Å². The smallest absolute Gasteiger partial charge is 0.311 e. The predicted octanol–water partition coefficient (Wildman–Crippen LogP) is 3.04. The Morgan fingerprint density at radius 3 is 3.05 bits per heavy atom. The van der Waals surface area contributed by atoms with Crippen LogP contribution in [0.5, 0.6) is 0 Å². The van der Waals surface area contributed by atoms with Crippen LogP contribution in [0.15, 0.2) is 23.7 Å². The molecule has 0 aliphatic heterocycles. The number of esters is 1. The Morgan fingerprint density at radius 2 is 2.38 bits per heavy atom. The molecule has 108 valence electrons. The van der Waals surface area contributed by atoms with Crippen LogP contribution in [0.2, 0.25) is 0 Å². The van der Waals surface area contributed by atoms with Gasteiger partial charge < -0.3 is 4.74 Å². The Morgan fingerprint density at radius 1 is 1.52 bits per heavy atom. The Kier molecular flexibility index (Phi) is 3.85. The van der Waals surface area contributed by atoms with E-state index in [1.807, 2.05) is 17.5 Å². The number of thiophene rings is 1. The van der Waals surface area contributed by atoms with Gasteiger partial charge in [-0.25, -0.2) is 4.98 Å². The minimum Gasteiger partial charge on any atom is -0.466 e. The SMILES string of the molecule is CCOC(=O)Cc1cn2c(C=O)c(-c3cccs3)nc2s1. The predicted molar refractivity (Wildman–Crippen MR) is 82.1 cm³/mol. The van der Waals surface area contributed by atoms with Crippen molar-refractivity contribution in [1.82, 2.24) is 9.38 Å². The van der Waals surface area contributed by atoms with Gasteiger partial charge in [0, 0.05) is 11.1 Å². The highest BCUT2D eigenvalue weighted by molar-refractivity contribution is 7.17. The lowest BCUT2D eigenvalue weighted by atomic mass is 10.3. The van der Waals surface area contributed by atoms with Crippen molar-refractivity contribution < 1.29 is 14.3 Å². The summed E-state index contributed by atoms with van der Waals surface area (Å²) in [5, 5.41) is 1.95. The summed E-state index contributed by atoms with van der Waals surface area (Å²) >= 11 is 2.94. The molecule has 0 saturated heterocycles. The number of aromatic nitrogens is 2. The summed E-state index contributed by atoms with van der Waals surface area (Å²) < 4.78 is 6.67. The first kappa shape index (κ1) is 14.0. The summed E-state index contributed by atoms with van der Waals surface area (Å²) in [6.45, 7) is 2.14. The van der Waals surface area contributed by atoms with Crippen LogP contribution in [0.25, 0.3) is 15.5 Å². The molecule has 3 heterocycles. The average Bonchev–Trinajstić information content (AvgIpc) is 3.12. The molecule has 3 aromatic heterocycles. The zero-order chi connectivity index (χ0) is 14.8. The molecule has 3 aromatic rings. The van der Waals surface area contributed by atoms with E-state index in [1.165, 1.54) is 11.3 Å². The number of hydrogen-bond acceptors (Lipinski definition) is 6. The first-order valence-corrected chi connectivity index (χ1v) is 8.08. The highest BCUT2D eigenvalue weighted by Crippen LogP contribution is 2.30. The van der Waals surface area contributed by atoms with E-state index in [9.17, 15) is 9.59 Å². The molecule has 0 atom stereocenters. The van der Waals surface area contributed by atoms with Crippen molar-refractivity contribution in [2.24, 2.45) is 0 Å². The molecular formula is C14H12N2O3S2. The Bertz CT molecular complexity index is 787. The van der Waals surface area contributed by atoms with Gasteiger partial charge in [0.15, 0.2) is 11.2 Å². The van der Waals surface area contributed by atoms with Crippen LogP contribution in [0.3, 0.4) is 0 Å². The maximum absolute atomic E-state index is 11.5. The normalized spacial score (nSPS) is 10.9. The third-order valence-corrected chi connectivity index (χ3v) is 4.76. The van der Waals surface area contributed by atoms with Gasteiger partial charge in [-0.05, 0) is 18.4 Å². The summed E-state index contributed by atoms with van der Waals surface area (Å²) in [6, 6.07) is 3.86. The molecule has 0 N–H and O–H groups in total. The van der Waals surface area contributed by atoms with E-state index in [0.29, 0.717) is 23.0 Å². The minimum absolute atomic E-state index is 0.203. The third kappa shape index (κ3) is 2.62. The molecular weight excluding hydrogens is 308 g/mol. The average molecular weight is 320 g/mol. The molecule has 3 rings (SSSR count). The molecule has 0 aliphatic rings. The fourth-order valence-electron chi connectivity index (χ4n) is 2.05. The van der Waals surface area contributed by atoms with Crippen molar-refractivity contribution in [3.8, 4) is 10.6 Å². The maximum Gasteiger partial charge on any atom is 0.311 e. The van der Waals surface area contributed by atoms with E-state index in [-0.39, 0.29) is 12.4 Å². The van der Waals surface area contributed by atoms with Gasteiger partial charge in [-0.15, -0.1) is 22.7 Å². The molecule has 0 aromatic carbocycles. The summed E-state index contributed by atoms with van der Waals surface area (Å²) in [5.41, 5.74) is 1.20. The lowest BCUT2D eigenvalue weighted by Gasteiger charge is -1.98. The second-order valence-corrected chi connectivity index (χ2v) is 6.31. The van der Waals surface area contributed by atoms with E-state index in [1.54, 1.807) is 28.9 Å². The third-order valence-electron chi connectivity index (χ3n) is 2.90. The standard InChI is InChI=1S/C14H12N2O3S2/c1-2-19-12(18)6-9-7-16-10(8-17)13(15-14(16)21-9)11-4-3-5-20-11/h3-5,7-8H,2,6H2,1H3. The highest BCUT2D eigenvalue weighted by atomic mass is 32.1. The van der Waals surface area contributed by atoms with E-state index in [0.717, 1.165) is 16.0 Å². The summed E-state index contributed by atoms with van der Waals surface area (Å²) in [7, 11) is 0. The number of imidazole rings is 1. The number of ether oxygens (including phenoxy) is 1. The fraction of sp³-hybridized carbons (Fsp3) is 0.214. The topological polar surface area (TPSA) is 60.7 Å². The van der Waals surface area contributed by atoms with Crippen LogP contribution < -0.4 is 0 Å². The van der Waals surface area contributed by atoms with Crippen molar-refractivity contribution in [1.29, 1.82) is 0 Å². The number of fused-ring (bicyclic) bond motifs is 1. The Hall–Kier alpha value is -1.99. The lowest BCUT2D eigenvalue weighted by molar-refractivity contribution is -0.142. The van der Waals surface area contributed by atoms with E-state index >= 15 is 0 Å². The molecule has 0 amide bonds. The van der Waals surface area contributed by atoms with Crippen molar-refractivity contribution in [2.75, 3.05) is 6.61 Å². The highest BCUT2D eigenvalue weighted by Gasteiger charge is 2.17. The Balaban J connectivity index is 1.98. The van der Waals surface area contributed by atoms with Gasteiger partial charge in [-0.1, -0.05) is 6.07 Å². The molecule has 0 unspecified atom stereocenters. The van der Waals surface area contributed by atoms with Gasteiger partial charge in [0.2, 0.25) is 0 Å². The quantitative estimate of drug-likeness (QED) is 0.535. The lowest BCUT2D eigenvalue weighted by Crippen LogP contribution is -2.06. The van der Waals surface area contributed by atoms with Gasteiger partial charge in [0.05, 0.1) is 17.9 Å². The summed E-state index contributed by atoms with van der Waals surface area (Å²) in [4.78, 5) is 29.9. The summed E-state index contributed by atoms with van der Waals surface area (Å²) in [6.07, 6.45) is 2.79. The fourth-order valence-corrected chi connectivity index (χ4v) is 3.74. The largest absolute Gasteiger partial charge is 0.466 e. The van der Waals surface area contributed by atoms with Crippen molar-refractivity contribution in [3.05, 3.63) is 34.3 Å². The number of nitrogens with zero attached hydrogens (tertiary/aromatic N) is 2. The molecule has 5 nitrogen and oxygen atoms in total. The number of thiazole rings is 1. The van der Waals surface area contributed by atoms with Crippen LogP contribution in [0.1, 0.15) is 22.3 Å². The molecule has 0 radical (unpaired) electrons. The number of aldehydes is 1. The van der Waals surface area contributed by atoms with Gasteiger partial charge in [0.1, 0.15) is 11.4 Å². The second kappa shape index (κ2) is 5.79. The molecule has 0 spiro atoms. The van der Waals surface area contributed by atoms with Gasteiger partial charge in [-0.3, -0.25) is 14.0 Å². The molecule has 0 bridgehead atoms. The molecule has 0 aliphatic carbocycles. The van der Waals surface area contributed by atoms with Crippen molar-refractivity contribution in [2.45, 2.75) is 13.3 Å². The van der Waals surface area contributed by atoms with Crippen molar-refractivity contribution >= 4 is 39.9 Å². The van der Waals surface area contributed by atoms with Crippen LogP contribution >= 0.6 is 22.7 Å². The van der Waals surface area contributed by atoms with Crippen LogP contribution in [-0.2, 0) is 16.0 Å². The number of carbonyl (C=O) groups is 2. The monoisotopic (exact) mass is 320 g/mol.